The van der Waals surface area contributed by atoms with E-state index < -0.39 is 0 Å². The van der Waals surface area contributed by atoms with Crippen molar-refractivity contribution in [3.05, 3.63) is 64.7 Å². The molecule has 2 aromatic carbocycles. The zero-order valence-corrected chi connectivity index (χ0v) is 14.1. The van der Waals surface area contributed by atoms with E-state index in [1.54, 1.807) is 7.11 Å². The summed E-state index contributed by atoms with van der Waals surface area (Å²) in [5.41, 5.74) is 2.67. The SMILES string of the molecule is COc1ccc(CCC(C)NCCc2ccc(Cl)cc2)cc1. The Hall–Kier alpha value is -1.51. The predicted molar refractivity (Wildman–Crippen MR) is 93.9 cm³/mol. The zero-order valence-electron chi connectivity index (χ0n) is 13.3. The first-order valence-corrected chi connectivity index (χ1v) is 8.16. The van der Waals surface area contributed by atoms with E-state index in [0.29, 0.717) is 6.04 Å². The van der Waals surface area contributed by atoms with E-state index in [1.807, 2.05) is 24.3 Å². The molecule has 1 N–H and O–H groups in total. The first-order valence-electron chi connectivity index (χ1n) is 7.78. The van der Waals surface area contributed by atoms with Gasteiger partial charge in [0.25, 0.3) is 0 Å². The highest BCUT2D eigenvalue weighted by Crippen LogP contribution is 2.13. The lowest BCUT2D eigenvalue weighted by atomic mass is 10.1. The first-order chi connectivity index (χ1) is 10.7. The van der Waals surface area contributed by atoms with Crippen molar-refractivity contribution in [1.29, 1.82) is 0 Å². The molecule has 118 valence electrons. The summed E-state index contributed by atoms with van der Waals surface area (Å²) in [5.74, 6) is 0.915. The topological polar surface area (TPSA) is 21.3 Å². The van der Waals surface area contributed by atoms with Gasteiger partial charge in [0.15, 0.2) is 0 Å². The summed E-state index contributed by atoms with van der Waals surface area (Å²) in [6.45, 7) is 3.23. The van der Waals surface area contributed by atoms with E-state index in [0.717, 1.165) is 36.6 Å². The van der Waals surface area contributed by atoms with E-state index in [9.17, 15) is 0 Å². The quantitative estimate of drug-likeness (QED) is 0.774. The Bertz CT molecular complexity index is 551. The Kier molecular flexibility index (Phi) is 6.75. The molecule has 22 heavy (non-hydrogen) atoms. The van der Waals surface area contributed by atoms with Gasteiger partial charge in [-0.15, -0.1) is 0 Å². The smallest absolute Gasteiger partial charge is 0.118 e. The molecular weight excluding hydrogens is 294 g/mol. The summed E-state index contributed by atoms with van der Waals surface area (Å²) in [6.07, 6.45) is 3.25. The van der Waals surface area contributed by atoms with Gasteiger partial charge in [0.2, 0.25) is 0 Å². The maximum atomic E-state index is 5.89. The number of hydrogen-bond acceptors (Lipinski definition) is 2. The minimum Gasteiger partial charge on any atom is -0.497 e. The van der Waals surface area contributed by atoms with Crippen LogP contribution in [0.15, 0.2) is 48.5 Å². The molecule has 2 rings (SSSR count). The monoisotopic (exact) mass is 317 g/mol. The van der Waals surface area contributed by atoms with Crippen LogP contribution in [0.3, 0.4) is 0 Å². The molecule has 0 amide bonds. The number of rotatable bonds is 8. The maximum Gasteiger partial charge on any atom is 0.118 e. The molecule has 0 heterocycles. The van der Waals surface area contributed by atoms with Crippen LogP contribution in [0.5, 0.6) is 5.75 Å². The number of hydrogen-bond donors (Lipinski definition) is 1. The number of ether oxygens (including phenoxy) is 1. The van der Waals surface area contributed by atoms with Gasteiger partial charge in [0.05, 0.1) is 7.11 Å². The van der Waals surface area contributed by atoms with E-state index in [1.165, 1.54) is 11.1 Å². The van der Waals surface area contributed by atoms with Crippen LogP contribution >= 0.6 is 11.6 Å². The molecule has 0 fully saturated rings. The number of methoxy groups -OCH3 is 1. The Labute approximate surface area is 138 Å². The molecule has 0 aliphatic rings. The molecule has 3 heteroatoms. The van der Waals surface area contributed by atoms with Crippen molar-refractivity contribution in [2.75, 3.05) is 13.7 Å². The highest BCUT2D eigenvalue weighted by atomic mass is 35.5. The minimum absolute atomic E-state index is 0.509. The van der Waals surface area contributed by atoms with Crippen molar-refractivity contribution in [1.82, 2.24) is 5.32 Å². The number of halogens is 1. The Morgan fingerprint density at radius 1 is 0.955 bits per heavy atom. The summed E-state index contributed by atoms with van der Waals surface area (Å²) in [5, 5.41) is 4.38. The fraction of sp³-hybridized carbons (Fsp3) is 0.368. The van der Waals surface area contributed by atoms with Crippen LogP contribution in [0.4, 0.5) is 0 Å². The second-order valence-electron chi connectivity index (χ2n) is 5.62. The minimum atomic E-state index is 0.509. The first kappa shape index (κ1) is 16.9. The molecule has 1 atom stereocenters. The van der Waals surface area contributed by atoms with Crippen LogP contribution in [0.2, 0.25) is 5.02 Å². The lowest BCUT2D eigenvalue weighted by Gasteiger charge is -2.14. The van der Waals surface area contributed by atoms with Crippen molar-refractivity contribution < 1.29 is 4.74 Å². The third-order valence-electron chi connectivity index (χ3n) is 3.84. The third-order valence-corrected chi connectivity index (χ3v) is 4.10. The summed E-state index contributed by atoms with van der Waals surface area (Å²) in [4.78, 5) is 0. The van der Waals surface area contributed by atoms with Crippen molar-refractivity contribution >= 4 is 11.6 Å². The largest absolute Gasteiger partial charge is 0.497 e. The summed E-state index contributed by atoms with van der Waals surface area (Å²) in [7, 11) is 1.70. The highest BCUT2D eigenvalue weighted by molar-refractivity contribution is 6.30. The van der Waals surface area contributed by atoms with Gasteiger partial charge in [-0.05, 0) is 68.1 Å². The number of aryl methyl sites for hydroxylation is 1. The maximum absolute atomic E-state index is 5.89. The molecule has 0 aromatic heterocycles. The molecule has 2 nitrogen and oxygen atoms in total. The van der Waals surface area contributed by atoms with Gasteiger partial charge in [-0.2, -0.15) is 0 Å². The van der Waals surface area contributed by atoms with Gasteiger partial charge in [-0.1, -0.05) is 35.9 Å². The molecule has 0 radical (unpaired) electrons. The molecule has 0 saturated heterocycles. The molecule has 0 saturated carbocycles. The molecule has 0 aliphatic carbocycles. The third kappa shape index (κ3) is 5.70. The van der Waals surface area contributed by atoms with E-state index >= 15 is 0 Å². The van der Waals surface area contributed by atoms with Crippen molar-refractivity contribution in [2.24, 2.45) is 0 Å². The fourth-order valence-electron chi connectivity index (χ4n) is 2.39. The van der Waals surface area contributed by atoms with Gasteiger partial charge in [0, 0.05) is 11.1 Å². The standard InChI is InChI=1S/C19H24ClNO/c1-15(3-4-16-7-11-19(22-2)12-8-16)21-14-13-17-5-9-18(20)10-6-17/h5-12,15,21H,3-4,13-14H2,1-2H3. The van der Waals surface area contributed by atoms with Gasteiger partial charge in [0.1, 0.15) is 5.75 Å². The fourth-order valence-corrected chi connectivity index (χ4v) is 2.52. The lowest BCUT2D eigenvalue weighted by molar-refractivity contribution is 0.414. The van der Waals surface area contributed by atoms with Gasteiger partial charge in [-0.3, -0.25) is 0 Å². The van der Waals surface area contributed by atoms with Crippen LogP contribution in [-0.2, 0) is 12.8 Å². The predicted octanol–water partition coefficient (Wildman–Crippen LogP) is 4.50. The van der Waals surface area contributed by atoms with Gasteiger partial charge in [-0.25, -0.2) is 0 Å². The van der Waals surface area contributed by atoms with Crippen LogP contribution in [0, 0.1) is 0 Å². The summed E-state index contributed by atoms with van der Waals surface area (Å²) >= 11 is 5.89. The summed E-state index contributed by atoms with van der Waals surface area (Å²) < 4.78 is 5.18. The van der Waals surface area contributed by atoms with E-state index in [-0.39, 0.29) is 0 Å². The van der Waals surface area contributed by atoms with Gasteiger partial charge < -0.3 is 10.1 Å². The second-order valence-corrected chi connectivity index (χ2v) is 6.05. The van der Waals surface area contributed by atoms with E-state index in [4.69, 9.17) is 16.3 Å². The number of nitrogens with one attached hydrogen (secondary N) is 1. The number of benzene rings is 2. The Balaban J connectivity index is 1.66. The highest BCUT2D eigenvalue weighted by Gasteiger charge is 2.03. The lowest BCUT2D eigenvalue weighted by Crippen LogP contribution is -2.28. The van der Waals surface area contributed by atoms with Crippen molar-refractivity contribution in [3.63, 3.8) is 0 Å². The summed E-state index contributed by atoms with van der Waals surface area (Å²) in [6, 6.07) is 16.9. The molecule has 0 aliphatic heterocycles. The molecule has 0 spiro atoms. The zero-order chi connectivity index (χ0) is 15.8. The second kappa shape index (κ2) is 8.82. The molecular formula is C19H24ClNO. The van der Waals surface area contributed by atoms with Crippen molar-refractivity contribution in [3.8, 4) is 5.75 Å². The average Bonchev–Trinajstić information content (AvgIpc) is 2.55. The van der Waals surface area contributed by atoms with Crippen LogP contribution in [0.25, 0.3) is 0 Å². The molecule has 0 bridgehead atoms. The average molecular weight is 318 g/mol. The van der Waals surface area contributed by atoms with Crippen LogP contribution in [0.1, 0.15) is 24.5 Å². The molecule has 2 aromatic rings. The normalized spacial score (nSPS) is 12.1. The van der Waals surface area contributed by atoms with Crippen molar-refractivity contribution in [2.45, 2.75) is 32.2 Å². The van der Waals surface area contributed by atoms with E-state index in [2.05, 4.69) is 36.5 Å². The Morgan fingerprint density at radius 2 is 1.55 bits per heavy atom. The van der Waals surface area contributed by atoms with Crippen LogP contribution in [-0.4, -0.2) is 19.7 Å². The van der Waals surface area contributed by atoms with Crippen LogP contribution < -0.4 is 10.1 Å². The Morgan fingerprint density at radius 3 is 2.18 bits per heavy atom. The van der Waals surface area contributed by atoms with Gasteiger partial charge >= 0.3 is 0 Å². The molecule has 1 unspecified atom stereocenters.